The van der Waals surface area contributed by atoms with Crippen LogP contribution in [0.1, 0.15) is 195 Å². The van der Waals surface area contributed by atoms with Gasteiger partial charge in [-0.1, -0.05) is 36.5 Å². The molecule has 6 N–H and O–H groups in total. The van der Waals surface area contributed by atoms with Crippen LogP contribution in [0.15, 0.2) is 72.9 Å². The van der Waals surface area contributed by atoms with Crippen LogP contribution in [0, 0.1) is 17.5 Å². The predicted molar refractivity (Wildman–Crippen MR) is 294 cm³/mol. The number of benzene rings is 3. The molecule has 3 heterocycles. The van der Waals surface area contributed by atoms with Crippen molar-refractivity contribution in [3.05, 3.63) is 157 Å². The van der Waals surface area contributed by atoms with Gasteiger partial charge in [-0.15, -0.1) is 0 Å². The maximum Gasteiger partial charge on any atom is 0.249 e. The summed E-state index contributed by atoms with van der Waals surface area (Å²) in [6, 6.07) is 3.94. The second kappa shape index (κ2) is 22.2. The van der Waals surface area contributed by atoms with Gasteiger partial charge < -0.3 is 31.9 Å². The number of carbonyl (C=O) groups is 6. The standard InChI is InChI=1S/3C21H23FN2O2/c3*1-2-18(25)24-8-4-6-13(11-24)19-17(22)10-16(21(23)26)15-9-12-5-3-7-14(12)20(15)19/h3*2,10,13H,1,3-9,11H2,(H2,23,26)/t2*13-;/m10./s1. The molecule has 3 fully saturated rings. The molecule has 78 heavy (non-hydrogen) atoms. The Morgan fingerprint density at radius 2 is 0.705 bits per heavy atom. The average Bonchev–Trinajstić information content (AvgIpc) is 4.50. The molecule has 12 nitrogen and oxygen atoms in total. The molecule has 0 radical (unpaired) electrons. The van der Waals surface area contributed by atoms with E-state index >= 15 is 13.2 Å². The molecule has 9 aliphatic rings. The lowest BCUT2D eigenvalue weighted by atomic mass is 9.82. The largest absolute Gasteiger partial charge is 0.366 e. The van der Waals surface area contributed by atoms with Gasteiger partial charge in [0, 0.05) is 90.4 Å². The summed E-state index contributed by atoms with van der Waals surface area (Å²) in [5, 5.41) is 0. The van der Waals surface area contributed by atoms with Crippen LogP contribution >= 0.6 is 0 Å². The van der Waals surface area contributed by atoms with Crippen molar-refractivity contribution in [3.8, 4) is 0 Å². The summed E-state index contributed by atoms with van der Waals surface area (Å²) in [5.41, 5.74) is 32.6. The Hall–Kier alpha value is -7.29. The molecular weight excluding hydrogens is 994 g/mol. The Bertz CT molecular complexity index is 2900. The molecule has 0 aromatic heterocycles. The topological polar surface area (TPSA) is 190 Å². The van der Waals surface area contributed by atoms with E-state index in [1.165, 1.54) is 69.9 Å². The molecule has 0 saturated carbocycles. The summed E-state index contributed by atoms with van der Waals surface area (Å²) < 4.78 is 45.5. The molecule has 1 unspecified atom stereocenters. The average molecular weight is 1060 g/mol. The molecule has 3 atom stereocenters. The number of primary amides is 3. The van der Waals surface area contributed by atoms with Crippen LogP contribution in [0.4, 0.5) is 13.2 Å². The van der Waals surface area contributed by atoms with Gasteiger partial charge in [0.1, 0.15) is 17.5 Å². The lowest BCUT2D eigenvalue weighted by Gasteiger charge is -2.34. The van der Waals surface area contributed by atoms with Crippen molar-refractivity contribution in [3.63, 3.8) is 0 Å². The third-order valence-corrected chi connectivity index (χ3v) is 18.1. The molecule has 3 saturated heterocycles. The molecule has 408 valence electrons. The molecule has 12 rings (SSSR count). The van der Waals surface area contributed by atoms with E-state index in [1.807, 2.05) is 0 Å². The van der Waals surface area contributed by atoms with E-state index in [-0.39, 0.29) is 52.9 Å². The summed E-state index contributed by atoms with van der Waals surface area (Å²) >= 11 is 0. The molecule has 3 aromatic carbocycles. The minimum atomic E-state index is -0.569. The molecule has 6 aliphatic carbocycles. The van der Waals surface area contributed by atoms with Gasteiger partial charge in [0.15, 0.2) is 0 Å². The third kappa shape index (κ3) is 9.86. The van der Waals surface area contributed by atoms with Crippen molar-refractivity contribution in [1.29, 1.82) is 0 Å². The van der Waals surface area contributed by atoms with Crippen LogP contribution in [0.25, 0.3) is 16.7 Å². The van der Waals surface area contributed by atoms with Crippen LogP contribution < -0.4 is 17.2 Å². The highest BCUT2D eigenvalue weighted by atomic mass is 19.1. The maximum absolute atomic E-state index is 15.2. The fourth-order valence-corrected chi connectivity index (χ4v) is 14.7. The van der Waals surface area contributed by atoms with Gasteiger partial charge in [0.2, 0.25) is 35.4 Å². The molecular formula is C63H69F3N6O6. The van der Waals surface area contributed by atoms with E-state index in [1.54, 1.807) is 14.7 Å². The first-order valence-electron chi connectivity index (χ1n) is 27.9. The van der Waals surface area contributed by atoms with Gasteiger partial charge in [-0.2, -0.15) is 0 Å². The quantitative estimate of drug-likeness (QED) is 0.179. The van der Waals surface area contributed by atoms with Crippen LogP contribution in [-0.4, -0.2) is 89.4 Å². The monoisotopic (exact) mass is 1060 g/mol. The highest BCUT2D eigenvalue weighted by Gasteiger charge is 2.40. The van der Waals surface area contributed by atoms with Gasteiger partial charge in [-0.05, 0) is 202 Å². The highest BCUT2D eigenvalue weighted by Crippen LogP contribution is 2.52. The number of halogens is 3. The number of hydrogen-bond acceptors (Lipinski definition) is 6. The predicted octanol–water partition coefficient (Wildman–Crippen LogP) is 9.93. The first kappa shape index (κ1) is 54.1. The van der Waals surface area contributed by atoms with Gasteiger partial charge >= 0.3 is 0 Å². The Balaban J connectivity index is 0.000000132. The minimum absolute atomic E-state index is 0.0595. The normalized spacial score (nSPS) is 21.6. The van der Waals surface area contributed by atoms with Crippen LogP contribution in [0.5, 0.6) is 0 Å². The van der Waals surface area contributed by atoms with Gasteiger partial charge in [-0.25, -0.2) is 13.2 Å². The summed E-state index contributed by atoms with van der Waals surface area (Å²) in [7, 11) is 0. The number of fused-ring (bicyclic) bond motifs is 6. The van der Waals surface area contributed by atoms with Crippen molar-refractivity contribution in [1.82, 2.24) is 14.7 Å². The fraction of sp³-hybridized carbons (Fsp3) is 0.429. The van der Waals surface area contributed by atoms with Crippen molar-refractivity contribution in [2.45, 2.75) is 133 Å². The summed E-state index contributed by atoms with van der Waals surface area (Å²) in [6.07, 6.45) is 20.1. The zero-order valence-corrected chi connectivity index (χ0v) is 44.4. The molecule has 0 spiro atoms. The maximum atomic E-state index is 15.2. The molecule has 6 amide bonds. The van der Waals surface area contributed by atoms with E-state index in [9.17, 15) is 28.8 Å². The van der Waals surface area contributed by atoms with Crippen molar-refractivity contribution in [2.75, 3.05) is 39.3 Å². The number of nitrogens with two attached hydrogens (primary N) is 3. The summed E-state index contributed by atoms with van der Waals surface area (Å²) in [4.78, 5) is 76.9. The first-order chi connectivity index (χ1) is 37.5. The van der Waals surface area contributed by atoms with Gasteiger partial charge in [-0.3, -0.25) is 28.8 Å². The van der Waals surface area contributed by atoms with Crippen molar-refractivity contribution >= 4 is 52.2 Å². The van der Waals surface area contributed by atoms with E-state index in [2.05, 4.69) is 19.7 Å². The zero-order chi connectivity index (χ0) is 55.3. The van der Waals surface area contributed by atoms with E-state index in [4.69, 9.17) is 17.2 Å². The summed E-state index contributed by atoms with van der Waals surface area (Å²) in [6.45, 7) is 14.2. The Morgan fingerprint density at radius 3 is 0.949 bits per heavy atom. The minimum Gasteiger partial charge on any atom is -0.366 e. The van der Waals surface area contributed by atoms with Gasteiger partial charge in [0.25, 0.3) is 0 Å². The number of likely N-dealkylation sites (tertiary alicyclic amines) is 3. The number of rotatable bonds is 9. The SMILES string of the molecule is C=CC(=O)N1CCCC(c2c(F)cc(C(N)=O)c3c2C2=C(CCC2)C3)C1.C=CC(=O)N1CCC[C@@H](c2c(F)cc(C(N)=O)c3c2C2=C(CCC2)C3)C1.C=CC(=O)N1CCC[C@H](c2c(F)cc(C(N)=O)c3c2C2=C(CCC2)C3)C1. The summed E-state index contributed by atoms with van der Waals surface area (Å²) in [5.74, 6) is -3.31. The van der Waals surface area contributed by atoms with E-state index in [0.29, 0.717) is 91.9 Å². The van der Waals surface area contributed by atoms with E-state index < -0.39 is 17.7 Å². The fourth-order valence-electron chi connectivity index (χ4n) is 14.7. The smallest absolute Gasteiger partial charge is 0.249 e. The third-order valence-electron chi connectivity index (χ3n) is 18.1. The Kier molecular flexibility index (Phi) is 15.4. The molecule has 15 heteroatoms. The Morgan fingerprint density at radius 1 is 0.436 bits per heavy atom. The lowest BCUT2D eigenvalue weighted by molar-refractivity contribution is -0.127. The molecule has 3 aromatic rings. The second-order valence-corrected chi connectivity index (χ2v) is 22.4. The zero-order valence-electron chi connectivity index (χ0n) is 44.4. The second-order valence-electron chi connectivity index (χ2n) is 22.4. The number of nitrogens with zero attached hydrogens (tertiary/aromatic N) is 3. The number of hydrogen-bond donors (Lipinski definition) is 3. The number of piperidine rings is 3. The first-order valence-corrected chi connectivity index (χ1v) is 27.9. The van der Waals surface area contributed by atoms with Crippen molar-refractivity contribution in [2.24, 2.45) is 17.2 Å². The van der Waals surface area contributed by atoms with Crippen LogP contribution in [0.2, 0.25) is 0 Å². The molecule has 3 aliphatic heterocycles. The van der Waals surface area contributed by atoms with Gasteiger partial charge in [0.05, 0.1) is 0 Å². The highest BCUT2D eigenvalue weighted by molar-refractivity contribution is 6.00. The van der Waals surface area contributed by atoms with Crippen LogP contribution in [-0.2, 0) is 33.6 Å². The van der Waals surface area contributed by atoms with Crippen molar-refractivity contribution < 1.29 is 41.9 Å². The Labute approximate surface area is 454 Å². The number of allylic oxidation sites excluding steroid dienone is 6. The number of carbonyl (C=O) groups excluding carboxylic acids is 6. The van der Waals surface area contributed by atoms with E-state index in [0.717, 1.165) is 130 Å². The number of amides is 6. The van der Waals surface area contributed by atoms with Crippen LogP contribution in [0.3, 0.4) is 0 Å². The lowest BCUT2D eigenvalue weighted by Crippen LogP contribution is -2.38. The molecule has 0 bridgehead atoms.